The molecule has 0 amide bonds. The molecule has 0 spiro atoms. The van der Waals surface area contributed by atoms with Crippen LogP contribution in [0.25, 0.3) is 110 Å². The Bertz CT molecular complexity index is 3180. The third-order valence-corrected chi connectivity index (χ3v) is 11.7. The molecule has 5 heteroatoms. The van der Waals surface area contributed by atoms with Crippen molar-refractivity contribution in [1.82, 2.24) is 15.0 Å². The summed E-state index contributed by atoms with van der Waals surface area (Å²) in [6.07, 6.45) is 0. The Hall–Kier alpha value is -7.21. The lowest BCUT2D eigenvalue weighted by Crippen LogP contribution is -2.01. The topological polar surface area (TPSA) is 51.8 Å². The Morgan fingerprint density at radius 2 is 0.893 bits per heavy atom. The van der Waals surface area contributed by atoms with Crippen molar-refractivity contribution in [3.05, 3.63) is 188 Å². The summed E-state index contributed by atoms with van der Waals surface area (Å²) in [5.74, 6) is 1.76. The molecular formula is C51H31N3OS. The summed E-state index contributed by atoms with van der Waals surface area (Å²) in [6.45, 7) is 0. The smallest absolute Gasteiger partial charge is 0.167 e. The molecule has 0 aliphatic carbocycles. The van der Waals surface area contributed by atoms with Gasteiger partial charge < -0.3 is 4.42 Å². The predicted octanol–water partition coefficient (Wildman–Crippen LogP) is 14.1. The van der Waals surface area contributed by atoms with Gasteiger partial charge in [-0.1, -0.05) is 140 Å². The maximum absolute atomic E-state index is 6.52. The molecule has 8 aromatic carbocycles. The van der Waals surface area contributed by atoms with Crippen molar-refractivity contribution in [1.29, 1.82) is 0 Å². The van der Waals surface area contributed by atoms with Crippen molar-refractivity contribution >= 4 is 53.4 Å². The van der Waals surface area contributed by atoms with Gasteiger partial charge in [0, 0.05) is 42.1 Å². The second kappa shape index (κ2) is 13.3. The Labute approximate surface area is 327 Å². The third kappa shape index (κ3) is 5.65. The highest BCUT2D eigenvalue weighted by atomic mass is 32.1. The highest BCUT2D eigenvalue weighted by Gasteiger charge is 2.19. The van der Waals surface area contributed by atoms with E-state index >= 15 is 0 Å². The molecule has 0 N–H and O–H groups in total. The van der Waals surface area contributed by atoms with Crippen LogP contribution in [0.5, 0.6) is 0 Å². The molecule has 262 valence electrons. The standard InChI is InChI=1S/C51H31N3OS/c1-4-13-32(14-5-1)35-24-26-46-44(30-35)41-25-23-36(31-47(41)56-46)49-52-50(54-51(53-49)43-21-12-20-42-40-19-10-11-22-45(40)55-48(42)43)39-28-37(33-15-6-2-7-16-33)27-38(29-39)34-17-8-3-9-18-34/h1-31H. The zero-order valence-corrected chi connectivity index (χ0v) is 30.9. The van der Waals surface area contributed by atoms with Gasteiger partial charge in [0.25, 0.3) is 0 Å². The molecule has 11 rings (SSSR count). The van der Waals surface area contributed by atoms with Crippen molar-refractivity contribution < 1.29 is 4.42 Å². The largest absolute Gasteiger partial charge is 0.455 e. The van der Waals surface area contributed by atoms with Gasteiger partial charge in [0.2, 0.25) is 0 Å². The van der Waals surface area contributed by atoms with Gasteiger partial charge in [0.15, 0.2) is 17.5 Å². The first-order valence-electron chi connectivity index (χ1n) is 18.7. The van der Waals surface area contributed by atoms with E-state index in [4.69, 9.17) is 19.4 Å². The molecule has 11 aromatic rings. The van der Waals surface area contributed by atoms with Crippen LogP contribution in [0.4, 0.5) is 0 Å². The van der Waals surface area contributed by atoms with Crippen LogP contribution in [0.1, 0.15) is 0 Å². The predicted molar refractivity (Wildman–Crippen MR) is 233 cm³/mol. The van der Waals surface area contributed by atoms with Gasteiger partial charge in [-0.2, -0.15) is 0 Å². The van der Waals surface area contributed by atoms with Gasteiger partial charge in [0.05, 0.1) is 5.56 Å². The lowest BCUT2D eigenvalue weighted by molar-refractivity contribution is 0.669. The number of fused-ring (bicyclic) bond motifs is 6. The van der Waals surface area contributed by atoms with Crippen LogP contribution in [-0.4, -0.2) is 15.0 Å². The lowest BCUT2D eigenvalue weighted by Gasteiger charge is -2.12. The number of aromatic nitrogens is 3. The van der Waals surface area contributed by atoms with Crippen LogP contribution in [0.2, 0.25) is 0 Å². The molecule has 3 heterocycles. The third-order valence-electron chi connectivity index (χ3n) is 10.5. The van der Waals surface area contributed by atoms with Crippen LogP contribution in [-0.2, 0) is 0 Å². The fraction of sp³-hybridized carbons (Fsp3) is 0. The molecule has 0 atom stereocenters. The van der Waals surface area contributed by atoms with Gasteiger partial charge >= 0.3 is 0 Å². The fourth-order valence-electron chi connectivity index (χ4n) is 7.76. The number of hydrogen-bond donors (Lipinski definition) is 0. The number of furan rings is 1. The van der Waals surface area contributed by atoms with E-state index < -0.39 is 0 Å². The maximum atomic E-state index is 6.52. The minimum Gasteiger partial charge on any atom is -0.455 e. The van der Waals surface area contributed by atoms with Gasteiger partial charge in [-0.15, -0.1) is 11.3 Å². The molecule has 0 fully saturated rings. The van der Waals surface area contributed by atoms with Crippen molar-refractivity contribution in [3.8, 4) is 67.5 Å². The Morgan fingerprint density at radius 3 is 1.61 bits per heavy atom. The first-order valence-corrected chi connectivity index (χ1v) is 19.5. The number of benzene rings is 8. The molecule has 4 nitrogen and oxygen atoms in total. The highest BCUT2D eigenvalue weighted by Crippen LogP contribution is 2.40. The summed E-state index contributed by atoms with van der Waals surface area (Å²) in [7, 11) is 0. The minimum absolute atomic E-state index is 0.560. The van der Waals surface area contributed by atoms with E-state index in [2.05, 4.69) is 152 Å². The van der Waals surface area contributed by atoms with Gasteiger partial charge in [-0.3, -0.25) is 0 Å². The van der Waals surface area contributed by atoms with Crippen LogP contribution in [0, 0.1) is 0 Å². The summed E-state index contributed by atoms with van der Waals surface area (Å²) < 4.78 is 8.95. The van der Waals surface area contributed by atoms with E-state index in [1.54, 1.807) is 11.3 Å². The normalized spacial score (nSPS) is 11.6. The average molecular weight is 734 g/mol. The average Bonchev–Trinajstić information content (AvgIpc) is 3.85. The van der Waals surface area contributed by atoms with E-state index in [1.807, 2.05) is 36.4 Å². The molecular weight excluding hydrogens is 703 g/mol. The zero-order valence-electron chi connectivity index (χ0n) is 30.1. The van der Waals surface area contributed by atoms with Crippen LogP contribution < -0.4 is 0 Å². The summed E-state index contributed by atoms with van der Waals surface area (Å²) in [6, 6.07) is 65.8. The number of nitrogens with zero attached hydrogens (tertiary/aromatic N) is 3. The fourth-order valence-corrected chi connectivity index (χ4v) is 8.88. The second-order valence-corrected chi connectivity index (χ2v) is 15.1. The summed E-state index contributed by atoms with van der Waals surface area (Å²) in [5, 5.41) is 4.56. The zero-order chi connectivity index (χ0) is 37.0. The second-order valence-electron chi connectivity index (χ2n) is 14.0. The van der Waals surface area contributed by atoms with Crippen molar-refractivity contribution in [2.24, 2.45) is 0 Å². The maximum Gasteiger partial charge on any atom is 0.167 e. The number of hydrogen-bond acceptors (Lipinski definition) is 5. The highest BCUT2D eigenvalue weighted by molar-refractivity contribution is 7.25. The first kappa shape index (κ1) is 32.2. The van der Waals surface area contributed by atoms with E-state index in [0.717, 1.165) is 60.9 Å². The van der Waals surface area contributed by atoms with Crippen molar-refractivity contribution in [2.75, 3.05) is 0 Å². The molecule has 0 radical (unpaired) electrons. The lowest BCUT2D eigenvalue weighted by atomic mass is 9.96. The molecule has 3 aromatic heterocycles. The van der Waals surface area contributed by atoms with E-state index in [1.165, 1.54) is 31.3 Å². The number of para-hydroxylation sites is 2. The van der Waals surface area contributed by atoms with Gasteiger partial charge in [0.1, 0.15) is 11.2 Å². The van der Waals surface area contributed by atoms with Crippen molar-refractivity contribution in [2.45, 2.75) is 0 Å². The van der Waals surface area contributed by atoms with Gasteiger partial charge in [-0.25, -0.2) is 15.0 Å². The SMILES string of the molecule is c1ccc(-c2cc(-c3ccccc3)cc(-c3nc(-c4ccc5c(c4)sc4ccc(-c6ccccc6)cc45)nc(-c4cccc5c4oc4ccccc45)n3)c2)cc1. The van der Waals surface area contributed by atoms with Crippen LogP contribution >= 0.6 is 11.3 Å². The summed E-state index contributed by atoms with van der Waals surface area (Å²) in [5.41, 5.74) is 11.1. The molecule has 0 saturated heterocycles. The number of rotatable bonds is 6. The van der Waals surface area contributed by atoms with E-state index in [0.29, 0.717) is 17.5 Å². The summed E-state index contributed by atoms with van der Waals surface area (Å²) >= 11 is 1.79. The van der Waals surface area contributed by atoms with E-state index in [9.17, 15) is 0 Å². The molecule has 0 unspecified atom stereocenters. The number of thiophene rings is 1. The molecule has 0 aliphatic heterocycles. The monoisotopic (exact) mass is 733 g/mol. The van der Waals surface area contributed by atoms with Crippen LogP contribution in [0.15, 0.2) is 192 Å². The Kier molecular flexibility index (Phi) is 7.64. The molecule has 0 bridgehead atoms. The Balaban J connectivity index is 1.13. The van der Waals surface area contributed by atoms with Gasteiger partial charge in [-0.05, 0) is 81.9 Å². The van der Waals surface area contributed by atoms with Crippen LogP contribution in [0.3, 0.4) is 0 Å². The molecule has 0 aliphatic rings. The van der Waals surface area contributed by atoms with E-state index in [-0.39, 0.29) is 0 Å². The molecule has 0 saturated carbocycles. The summed E-state index contributed by atoms with van der Waals surface area (Å²) in [4.78, 5) is 15.7. The molecule has 56 heavy (non-hydrogen) atoms. The quantitative estimate of drug-likeness (QED) is 0.171. The van der Waals surface area contributed by atoms with Crippen molar-refractivity contribution in [3.63, 3.8) is 0 Å². The minimum atomic E-state index is 0.560. The Morgan fingerprint density at radius 1 is 0.321 bits per heavy atom. The first-order chi connectivity index (χ1) is 27.7.